The summed E-state index contributed by atoms with van der Waals surface area (Å²) < 4.78 is 5.82. The SMILES string of the molecule is C[C@@H](O)[C@@H]1NC(=O)COc2cccc(c2)[C@H]2CN(C(=O)c3ccccn3)C[C@@H]2NC(=O)[C@H](Cc2ccccc2)NC(=O)CN(CC2CC2)C1=O. The van der Waals surface area contributed by atoms with Crippen molar-refractivity contribution in [1.82, 2.24) is 30.7 Å². The van der Waals surface area contributed by atoms with E-state index in [1.54, 1.807) is 47.5 Å². The number of aliphatic hydroxyl groups is 1. The third-order valence-corrected chi connectivity index (χ3v) is 9.30. The van der Waals surface area contributed by atoms with Gasteiger partial charge in [0.2, 0.25) is 17.7 Å². The van der Waals surface area contributed by atoms with E-state index in [9.17, 15) is 29.1 Å². The Labute approximate surface area is 290 Å². The molecule has 2 aliphatic heterocycles. The summed E-state index contributed by atoms with van der Waals surface area (Å²) >= 11 is 0. The number of aromatic nitrogens is 1. The maximum Gasteiger partial charge on any atom is 0.272 e. The molecule has 5 atom stereocenters. The zero-order valence-corrected chi connectivity index (χ0v) is 27.9. The van der Waals surface area contributed by atoms with Crippen LogP contribution in [0.2, 0.25) is 0 Å². The second-order valence-corrected chi connectivity index (χ2v) is 13.3. The molecule has 0 unspecified atom stereocenters. The number of ether oxygens (including phenoxy) is 1. The summed E-state index contributed by atoms with van der Waals surface area (Å²) in [7, 11) is 0. The Balaban J connectivity index is 1.34. The topological polar surface area (TPSA) is 170 Å². The van der Waals surface area contributed by atoms with Crippen LogP contribution in [-0.2, 0) is 25.6 Å². The molecule has 4 N–H and O–H groups in total. The largest absolute Gasteiger partial charge is 0.484 e. The van der Waals surface area contributed by atoms with Crippen molar-refractivity contribution in [2.75, 3.05) is 32.8 Å². The minimum absolute atomic E-state index is 0.179. The van der Waals surface area contributed by atoms with E-state index in [1.807, 2.05) is 36.4 Å². The molecule has 3 aromatic rings. The fourth-order valence-corrected chi connectivity index (χ4v) is 6.49. The van der Waals surface area contributed by atoms with Crippen LogP contribution in [0.3, 0.4) is 0 Å². The first-order chi connectivity index (χ1) is 24.1. The van der Waals surface area contributed by atoms with Crippen molar-refractivity contribution in [2.24, 2.45) is 5.92 Å². The van der Waals surface area contributed by atoms with Crippen molar-refractivity contribution in [3.05, 3.63) is 95.8 Å². The molecule has 5 amide bonds. The van der Waals surface area contributed by atoms with Gasteiger partial charge in [-0.3, -0.25) is 29.0 Å². The molecule has 2 fully saturated rings. The number of aliphatic hydroxyl groups excluding tert-OH is 1. The summed E-state index contributed by atoms with van der Waals surface area (Å²) in [4.78, 5) is 75.3. The number of nitrogens with zero attached hydrogens (tertiary/aromatic N) is 3. The molecule has 3 heterocycles. The number of pyridine rings is 1. The molecule has 0 radical (unpaired) electrons. The highest BCUT2D eigenvalue weighted by Gasteiger charge is 2.40. The van der Waals surface area contributed by atoms with E-state index in [0.29, 0.717) is 5.75 Å². The Bertz CT molecular complexity index is 1700. The number of hydrogen-bond acceptors (Lipinski definition) is 8. The van der Waals surface area contributed by atoms with Crippen molar-refractivity contribution >= 4 is 29.5 Å². The van der Waals surface area contributed by atoms with Gasteiger partial charge in [-0.2, -0.15) is 0 Å². The van der Waals surface area contributed by atoms with Gasteiger partial charge in [0, 0.05) is 38.2 Å². The van der Waals surface area contributed by atoms with Crippen molar-refractivity contribution < 1.29 is 33.8 Å². The molecule has 1 aliphatic carbocycles. The summed E-state index contributed by atoms with van der Waals surface area (Å²) in [5.74, 6) is -2.28. The molecule has 2 bridgehead atoms. The lowest BCUT2D eigenvalue weighted by Gasteiger charge is -2.30. The lowest BCUT2D eigenvalue weighted by Crippen LogP contribution is -2.58. The number of fused-ring (bicyclic) bond motifs is 4. The Morgan fingerprint density at radius 3 is 2.44 bits per heavy atom. The molecule has 13 nitrogen and oxygen atoms in total. The zero-order chi connectivity index (χ0) is 35.2. The second-order valence-electron chi connectivity index (χ2n) is 13.3. The maximum atomic E-state index is 14.2. The van der Waals surface area contributed by atoms with Crippen LogP contribution in [0.25, 0.3) is 0 Å². The minimum Gasteiger partial charge on any atom is -0.484 e. The highest BCUT2D eigenvalue weighted by Crippen LogP contribution is 2.32. The van der Waals surface area contributed by atoms with E-state index in [1.165, 1.54) is 11.8 Å². The van der Waals surface area contributed by atoms with E-state index in [2.05, 4.69) is 20.9 Å². The summed E-state index contributed by atoms with van der Waals surface area (Å²) in [6.45, 7) is 1.33. The normalized spacial score (nSPS) is 24.1. The number of hydrogen-bond donors (Lipinski definition) is 4. The smallest absolute Gasteiger partial charge is 0.272 e. The molecular weight excluding hydrogens is 640 g/mol. The van der Waals surface area contributed by atoms with Gasteiger partial charge in [0.05, 0.1) is 18.7 Å². The third kappa shape index (κ3) is 8.64. The van der Waals surface area contributed by atoms with Gasteiger partial charge < -0.3 is 35.6 Å². The molecular formula is C37H42N6O7. The van der Waals surface area contributed by atoms with Crippen LogP contribution in [0, 0.1) is 5.92 Å². The van der Waals surface area contributed by atoms with Crippen molar-refractivity contribution in [3.8, 4) is 5.75 Å². The third-order valence-electron chi connectivity index (χ3n) is 9.30. The summed E-state index contributed by atoms with van der Waals surface area (Å²) in [5.41, 5.74) is 1.86. The monoisotopic (exact) mass is 682 g/mol. The van der Waals surface area contributed by atoms with Crippen LogP contribution < -0.4 is 20.7 Å². The number of benzene rings is 2. The van der Waals surface area contributed by atoms with Crippen molar-refractivity contribution in [1.29, 1.82) is 0 Å². The molecule has 6 rings (SSSR count). The van der Waals surface area contributed by atoms with Gasteiger partial charge in [-0.15, -0.1) is 0 Å². The highest BCUT2D eigenvalue weighted by molar-refractivity contribution is 5.94. The Morgan fingerprint density at radius 1 is 0.940 bits per heavy atom. The van der Waals surface area contributed by atoms with Crippen LogP contribution >= 0.6 is 0 Å². The standard InChI is InChI=1S/C37H42N6O7/c1-23(44)34-37(49)42(18-25-13-14-25)21-32(45)39-30(16-24-8-3-2-4-9-24)35(47)40-31-20-43(36(48)29-12-5-6-15-38-29)19-28(31)26-10-7-11-27(17-26)50-22-33(46)41-34/h2-12,15,17,23,25,28,30-31,34,44H,13-14,16,18-22H2,1H3,(H,39,45)(H,40,47)(H,41,46)/t23-,28-,30+,31+,34+/m1/s1. The van der Waals surface area contributed by atoms with Crippen LogP contribution in [0.15, 0.2) is 79.0 Å². The van der Waals surface area contributed by atoms with Crippen molar-refractivity contribution in [2.45, 2.75) is 56.3 Å². The van der Waals surface area contributed by atoms with Gasteiger partial charge >= 0.3 is 0 Å². The lowest BCUT2D eigenvalue weighted by atomic mass is 9.93. The Hall–Kier alpha value is -5.30. The quantitative estimate of drug-likeness (QED) is 0.299. The maximum absolute atomic E-state index is 14.2. The number of carbonyl (C=O) groups excluding carboxylic acids is 5. The minimum atomic E-state index is -1.31. The number of nitrogens with one attached hydrogen (secondary N) is 3. The van der Waals surface area contributed by atoms with Crippen LogP contribution in [0.1, 0.15) is 47.3 Å². The van der Waals surface area contributed by atoms with Crippen LogP contribution in [-0.4, -0.2) is 106 Å². The van der Waals surface area contributed by atoms with Crippen LogP contribution in [0.4, 0.5) is 0 Å². The molecule has 3 aliphatic rings. The van der Waals surface area contributed by atoms with Gasteiger partial charge in [-0.25, -0.2) is 0 Å². The molecule has 1 aromatic heterocycles. The van der Waals surface area contributed by atoms with Gasteiger partial charge in [-0.1, -0.05) is 48.5 Å². The first-order valence-corrected chi connectivity index (χ1v) is 17.0. The summed E-state index contributed by atoms with van der Waals surface area (Å²) in [5, 5.41) is 19.1. The predicted molar refractivity (Wildman–Crippen MR) is 182 cm³/mol. The number of likely N-dealkylation sites (tertiary alicyclic amines) is 1. The zero-order valence-electron chi connectivity index (χ0n) is 27.9. The second kappa shape index (κ2) is 15.5. The average Bonchev–Trinajstić information content (AvgIpc) is 3.85. The van der Waals surface area contributed by atoms with Gasteiger partial charge in [0.25, 0.3) is 11.8 Å². The predicted octanol–water partition coefficient (Wildman–Crippen LogP) is 1.03. The van der Waals surface area contributed by atoms with E-state index in [4.69, 9.17) is 4.74 Å². The first-order valence-electron chi connectivity index (χ1n) is 17.0. The number of rotatable bonds is 6. The molecule has 50 heavy (non-hydrogen) atoms. The van der Waals surface area contributed by atoms with Crippen molar-refractivity contribution in [3.63, 3.8) is 0 Å². The molecule has 0 spiro atoms. The highest BCUT2D eigenvalue weighted by atomic mass is 16.5. The fourth-order valence-electron chi connectivity index (χ4n) is 6.49. The van der Waals surface area contributed by atoms with Gasteiger partial charge in [0.15, 0.2) is 6.61 Å². The molecule has 2 aromatic carbocycles. The molecule has 1 saturated carbocycles. The lowest BCUT2D eigenvalue weighted by molar-refractivity contribution is -0.143. The summed E-state index contributed by atoms with van der Waals surface area (Å²) in [6.07, 6.45) is 2.27. The molecule has 1 saturated heterocycles. The molecule has 13 heteroatoms. The molecule has 262 valence electrons. The Morgan fingerprint density at radius 2 is 1.72 bits per heavy atom. The van der Waals surface area contributed by atoms with E-state index < -0.39 is 54.5 Å². The fraction of sp³-hybridized carbons (Fsp3) is 0.405. The van der Waals surface area contributed by atoms with E-state index in [0.717, 1.165) is 24.0 Å². The van der Waals surface area contributed by atoms with E-state index in [-0.39, 0.29) is 56.0 Å². The number of carbonyl (C=O) groups is 5. The Kier molecular flexibility index (Phi) is 10.7. The van der Waals surface area contributed by atoms with Gasteiger partial charge in [-0.05, 0) is 61.1 Å². The van der Waals surface area contributed by atoms with Gasteiger partial charge in [0.1, 0.15) is 23.5 Å². The first kappa shape index (κ1) is 34.6. The number of amides is 5. The van der Waals surface area contributed by atoms with E-state index >= 15 is 0 Å². The average molecular weight is 683 g/mol. The summed E-state index contributed by atoms with van der Waals surface area (Å²) in [6, 6.07) is 18.6. The van der Waals surface area contributed by atoms with Crippen LogP contribution in [0.5, 0.6) is 5.75 Å².